The molecule has 2 aromatic carbocycles. The summed E-state index contributed by atoms with van der Waals surface area (Å²) in [5, 5.41) is 10.2. The van der Waals surface area contributed by atoms with E-state index < -0.39 is 11.9 Å². The standard InChI is InChI=1S/C21H22FN3O2/c1-2-20-24-18-13-15(19(26)8-10-23)17(22)12-16(18)21(27)25(20)11-9-14-6-4-3-5-7-14/h3-8,10,12-13,19,26H,2,9,11,23H2,1H3/b10-8+. The maximum Gasteiger partial charge on any atom is 0.261 e. The van der Waals surface area contributed by atoms with Gasteiger partial charge in [-0.1, -0.05) is 37.3 Å². The molecule has 0 bridgehead atoms. The van der Waals surface area contributed by atoms with E-state index in [1.165, 1.54) is 12.1 Å². The van der Waals surface area contributed by atoms with Crippen LogP contribution >= 0.6 is 0 Å². The van der Waals surface area contributed by atoms with Crippen molar-refractivity contribution in [3.8, 4) is 0 Å². The molecule has 1 atom stereocenters. The average molecular weight is 367 g/mol. The Morgan fingerprint density at radius 3 is 2.70 bits per heavy atom. The number of aryl methyl sites for hydroxylation is 2. The molecule has 5 nitrogen and oxygen atoms in total. The lowest BCUT2D eigenvalue weighted by Gasteiger charge is -2.14. The highest BCUT2D eigenvalue weighted by atomic mass is 19.1. The molecule has 6 heteroatoms. The van der Waals surface area contributed by atoms with Gasteiger partial charge in [-0.05, 0) is 36.4 Å². The number of aliphatic hydroxyl groups excluding tert-OH is 1. The van der Waals surface area contributed by atoms with Gasteiger partial charge in [-0.3, -0.25) is 9.36 Å². The van der Waals surface area contributed by atoms with E-state index >= 15 is 0 Å². The van der Waals surface area contributed by atoms with Gasteiger partial charge in [-0.15, -0.1) is 0 Å². The van der Waals surface area contributed by atoms with Crippen molar-refractivity contribution in [3.05, 3.63) is 87.9 Å². The molecule has 0 amide bonds. The molecule has 0 saturated heterocycles. The third-order valence-electron chi connectivity index (χ3n) is 4.55. The van der Waals surface area contributed by atoms with Gasteiger partial charge < -0.3 is 10.8 Å². The molecule has 3 rings (SSSR count). The van der Waals surface area contributed by atoms with E-state index in [2.05, 4.69) is 4.98 Å². The zero-order valence-corrected chi connectivity index (χ0v) is 15.1. The van der Waals surface area contributed by atoms with Crippen molar-refractivity contribution in [2.75, 3.05) is 0 Å². The summed E-state index contributed by atoms with van der Waals surface area (Å²) < 4.78 is 16.0. The lowest BCUT2D eigenvalue weighted by molar-refractivity contribution is 0.223. The van der Waals surface area contributed by atoms with E-state index in [0.717, 1.165) is 17.8 Å². The third-order valence-corrected chi connectivity index (χ3v) is 4.55. The van der Waals surface area contributed by atoms with E-state index in [1.54, 1.807) is 4.57 Å². The van der Waals surface area contributed by atoms with Crippen molar-refractivity contribution in [2.45, 2.75) is 32.4 Å². The number of rotatable bonds is 6. The second-order valence-corrected chi connectivity index (χ2v) is 6.29. The van der Waals surface area contributed by atoms with Gasteiger partial charge in [0.25, 0.3) is 5.56 Å². The second-order valence-electron chi connectivity index (χ2n) is 6.29. The van der Waals surface area contributed by atoms with Gasteiger partial charge in [0.1, 0.15) is 17.7 Å². The van der Waals surface area contributed by atoms with Gasteiger partial charge in [0.2, 0.25) is 0 Å². The molecule has 0 aliphatic carbocycles. The van der Waals surface area contributed by atoms with Crippen molar-refractivity contribution >= 4 is 10.9 Å². The van der Waals surface area contributed by atoms with Crippen molar-refractivity contribution in [1.29, 1.82) is 0 Å². The fourth-order valence-corrected chi connectivity index (χ4v) is 3.13. The van der Waals surface area contributed by atoms with Gasteiger partial charge >= 0.3 is 0 Å². The number of hydrogen-bond donors (Lipinski definition) is 2. The van der Waals surface area contributed by atoms with Crippen LogP contribution in [-0.2, 0) is 19.4 Å². The molecule has 0 aliphatic heterocycles. The lowest BCUT2D eigenvalue weighted by Crippen LogP contribution is -2.26. The van der Waals surface area contributed by atoms with Gasteiger partial charge in [-0.25, -0.2) is 9.37 Å². The van der Waals surface area contributed by atoms with Crippen LogP contribution in [-0.4, -0.2) is 14.7 Å². The predicted octanol–water partition coefficient (Wildman–Crippen LogP) is 2.85. The highest BCUT2D eigenvalue weighted by Gasteiger charge is 2.16. The number of nitrogens with zero attached hydrogens (tertiary/aromatic N) is 2. The fourth-order valence-electron chi connectivity index (χ4n) is 3.13. The molecule has 0 radical (unpaired) electrons. The molecule has 140 valence electrons. The Kier molecular flexibility index (Phi) is 5.66. The summed E-state index contributed by atoms with van der Waals surface area (Å²) in [6, 6.07) is 12.4. The van der Waals surface area contributed by atoms with Crippen LogP contribution in [0.15, 0.2) is 59.5 Å². The van der Waals surface area contributed by atoms with E-state index in [4.69, 9.17) is 5.73 Å². The normalized spacial score (nSPS) is 12.7. The Balaban J connectivity index is 2.06. The first-order valence-electron chi connectivity index (χ1n) is 8.88. The van der Waals surface area contributed by atoms with Crippen LogP contribution in [0.3, 0.4) is 0 Å². The number of halogens is 1. The molecule has 1 heterocycles. The Hall–Kier alpha value is -2.99. The van der Waals surface area contributed by atoms with Crippen molar-refractivity contribution in [3.63, 3.8) is 0 Å². The van der Waals surface area contributed by atoms with Crippen LogP contribution in [0.1, 0.15) is 30.0 Å². The molecule has 0 aliphatic rings. The van der Waals surface area contributed by atoms with Crippen molar-refractivity contribution in [1.82, 2.24) is 9.55 Å². The van der Waals surface area contributed by atoms with Gasteiger partial charge in [0.05, 0.1) is 10.9 Å². The van der Waals surface area contributed by atoms with E-state index in [0.29, 0.717) is 30.7 Å². The molecular formula is C21H22FN3O2. The summed E-state index contributed by atoms with van der Waals surface area (Å²) in [5.41, 5.74) is 6.52. The average Bonchev–Trinajstić information content (AvgIpc) is 2.68. The minimum Gasteiger partial charge on any atom is -0.405 e. The number of benzene rings is 2. The van der Waals surface area contributed by atoms with Crippen molar-refractivity contribution in [2.24, 2.45) is 5.73 Å². The molecule has 27 heavy (non-hydrogen) atoms. The second kappa shape index (κ2) is 8.14. The maximum absolute atomic E-state index is 14.4. The Morgan fingerprint density at radius 1 is 1.30 bits per heavy atom. The SMILES string of the molecule is CCc1nc2cc(C(O)/C=C/N)c(F)cc2c(=O)n1CCc1ccccc1. The fraction of sp³-hybridized carbons (Fsp3) is 0.238. The summed E-state index contributed by atoms with van der Waals surface area (Å²) in [6.45, 7) is 2.39. The molecule has 1 aromatic heterocycles. The first-order chi connectivity index (χ1) is 13.0. The number of hydrogen-bond acceptors (Lipinski definition) is 4. The quantitative estimate of drug-likeness (QED) is 0.702. The lowest BCUT2D eigenvalue weighted by atomic mass is 10.1. The van der Waals surface area contributed by atoms with Crippen LogP contribution in [0, 0.1) is 5.82 Å². The minimum absolute atomic E-state index is 0.0418. The monoisotopic (exact) mass is 367 g/mol. The first-order valence-corrected chi connectivity index (χ1v) is 8.88. The minimum atomic E-state index is -1.19. The molecule has 0 spiro atoms. The number of nitrogens with two attached hydrogens (primary N) is 1. The van der Waals surface area contributed by atoms with E-state index in [1.807, 2.05) is 37.3 Å². The number of fused-ring (bicyclic) bond motifs is 1. The van der Waals surface area contributed by atoms with E-state index in [9.17, 15) is 14.3 Å². The van der Waals surface area contributed by atoms with Crippen LogP contribution in [0.2, 0.25) is 0 Å². The van der Waals surface area contributed by atoms with Crippen LogP contribution in [0.4, 0.5) is 4.39 Å². The molecular weight excluding hydrogens is 345 g/mol. The predicted molar refractivity (Wildman–Crippen MR) is 104 cm³/mol. The maximum atomic E-state index is 14.4. The smallest absolute Gasteiger partial charge is 0.261 e. The Labute approximate surface area is 156 Å². The van der Waals surface area contributed by atoms with Gasteiger partial charge in [-0.2, -0.15) is 0 Å². The Bertz CT molecular complexity index is 1030. The summed E-state index contributed by atoms with van der Waals surface area (Å²) in [7, 11) is 0. The zero-order chi connectivity index (χ0) is 19.4. The summed E-state index contributed by atoms with van der Waals surface area (Å²) in [5.74, 6) is -0.0318. The zero-order valence-electron chi connectivity index (χ0n) is 15.1. The van der Waals surface area contributed by atoms with Gasteiger partial charge in [0, 0.05) is 18.5 Å². The number of aliphatic hydroxyl groups is 1. The number of aromatic nitrogens is 2. The summed E-state index contributed by atoms with van der Waals surface area (Å²) >= 11 is 0. The van der Waals surface area contributed by atoms with E-state index in [-0.39, 0.29) is 16.5 Å². The van der Waals surface area contributed by atoms with Crippen LogP contribution < -0.4 is 11.3 Å². The highest BCUT2D eigenvalue weighted by Crippen LogP contribution is 2.22. The third kappa shape index (κ3) is 3.90. The van der Waals surface area contributed by atoms with Crippen LogP contribution in [0.25, 0.3) is 10.9 Å². The molecule has 0 saturated carbocycles. The van der Waals surface area contributed by atoms with Crippen molar-refractivity contribution < 1.29 is 9.50 Å². The Morgan fingerprint density at radius 2 is 2.04 bits per heavy atom. The molecule has 3 aromatic rings. The molecule has 0 fully saturated rings. The highest BCUT2D eigenvalue weighted by molar-refractivity contribution is 5.78. The summed E-state index contributed by atoms with van der Waals surface area (Å²) in [4.78, 5) is 17.5. The largest absolute Gasteiger partial charge is 0.405 e. The van der Waals surface area contributed by atoms with Gasteiger partial charge in [0.15, 0.2) is 0 Å². The first kappa shape index (κ1) is 18.8. The molecule has 3 N–H and O–H groups in total. The summed E-state index contributed by atoms with van der Waals surface area (Å²) in [6.07, 6.45) is 2.48. The van der Waals surface area contributed by atoms with Crippen LogP contribution in [0.5, 0.6) is 0 Å². The topological polar surface area (TPSA) is 81.1 Å². The molecule has 1 unspecified atom stereocenters.